The first kappa shape index (κ1) is 12.8. The number of para-hydroxylation sites is 1. The van der Waals surface area contributed by atoms with Crippen molar-refractivity contribution in [1.29, 1.82) is 0 Å². The molecule has 1 heterocycles. The third-order valence-electron chi connectivity index (χ3n) is 2.66. The minimum absolute atomic E-state index is 0.117. The van der Waals surface area contributed by atoms with E-state index in [0.29, 0.717) is 18.6 Å². The molecule has 1 aliphatic rings. The molecule has 98 valence electrons. The number of carbonyl (C=O) groups is 1. The number of carbonyl (C=O) groups excluding carboxylic acids is 1. The lowest BCUT2D eigenvalue weighted by Gasteiger charge is -2.13. The highest BCUT2D eigenvalue weighted by molar-refractivity contribution is 5.77. The van der Waals surface area contributed by atoms with E-state index < -0.39 is 6.61 Å². The molecule has 1 N–H and O–H groups in total. The molecule has 0 bridgehead atoms. The van der Waals surface area contributed by atoms with Crippen LogP contribution in [0.3, 0.4) is 0 Å². The van der Waals surface area contributed by atoms with Crippen LogP contribution in [-0.4, -0.2) is 25.2 Å². The van der Waals surface area contributed by atoms with Crippen LogP contribution in [0.1, 0.15) is 12.0 Å². The van der Waals surface area contributed by atoms with Crippen LogP contribution >= 0.6 is 0 Å². The second-order valence-corrected chi connectivity index (χ2v) is 3.88. The van der Waals surface area contributed by atoms with Crippen molar-refractivity contribution in [2.45, 2.75) is 25.6 Å². The molecule has 1 fully saturated rings. The molecule has 0 spiro atoms. The first-order valence-electron chi connectivity index (χ1n) is 5.59. The van der Waals surface area contributed by atoms with Crippen LogP contribution in [-0.2, 0) is 16.1 Å². The van der Waals surface area contributed by atoms with Gasteiger partial charge in [-0.2, -0.15) is 8.78 Å². The van der Waals surface area contributed by atoms with Crippen LogP contribution in [0.2, 0.25) is 0 Å². The topological polar surface area (TPSA) is 47.6 Å². The fourth-order valence-corrected chi connectivity index (χ4v) is 1.78. The zero-order valence-corrected chi connectivity index (χ0v) is 9.57. The smallest absolute Gasteiger partial charge is 0.387 e. The molecule has 2 rings (SSSR count). The highest BCUT2D eigenvalue weighted by Crippen LogP contribution is 2.20. The summed E-state index contributed by atoms with van der Waals surface area (Å²) in [4.78, 5) is 11.2. The van der Waals surface area contributed by atoms with Crippen molar-refractivity contribution in [3.05, 3.63) is 29.8 Å². The van der Waals surface area contributed by atoms with Gasteiger partial charge in [0.1, 0.15) is 11.8 Å². The molecule has 4 nitrogen and oxygen atoms in total. The minimum Gasteiger partial charge on any atom is -0.464 e. The van der Waals surface area contributed by atoms with Crippen molar-refractivity contribution in [2.75, 3.05) is 6.61 Å². The van der Waals surface area contributed by atoms with Gasteiger partial charge in [0, 0.05) is 18.5 Å². The van der Waals surface area contributed by atoms with Gasteiger partial charge in [0.15, 0.2) is 0 Å². The van der Waals surface area contributed by atoms with Crippen molar-refractivity contribution >= 4 is 5.97 Å². The SMILES string of the molecule is O=C1OCCC1NCc1ccccc1OC(F)F. The lowest BCUT2D eigenvalue weighted by molar-refractivity contribution is -0.139. The zero-order valence-electron chi connectivity index (χ0n) is 9.57. The highest BCUT2D eigenvalue weighted by Gasteiger charge is 2.25. The Kier molecular flexibility index (Phi) is 4.09. The molecule has 0 amide bonds. The van der Waals surface area contributed by atoms with Crippen LogP contribution in [0.25, 0.3) is 0 Å². The molecule has 0 aliphatic carbocycles. The van der Waals surface area contributed by atoms with Gasteiger partial charge in [-0.05, 0) is 6.07 Å². The van der Waals surface area contributed by atoms with Gasteiger partial charge in [-0.1, -0.05) is 18.2 Å². The summed E-state index contributed by atoms with van der Waals surface area (Å²) in [6.45, 7) is -2.18. The maximum absolute atomic E-state index is 12.2. The number of hydrogen-bond donors (Lipinski definition) is 1. The highest BCUT2D eigenvalue weighted by atomic mass is 19.3. The third-order valence-corrected chi connectivity index (χ3v) is 2.66. The molecule has 1 aliphatic heterocycles. The number of cyclic esters (lactones) is 1. The summed E-state index contributed by atoms with van der Waals surface area (Å²) < 4.78 is 33.6. The molecular formula is C12H13F2NO3. The summed E-state index contributed by atoms with van der Waals surface area (Å²) in [7, 11) is 0. The van der Waals surface area contributed by atoms with E-state index in [2.05, 4.69) is 10.1 Å². The Morgan fingerprint density at radius 2 is 2.22 bits per heavy atom. The number of nitrogens with one attached hydrogen (secondary N) is 1. The predicted molar refractivity (Wildman–Crippen MR) is 59.3 cm³/mol. The van der Waals surface area contributed by atoms with Gasteiger partial charge in [-0.3, -0.25) is 4.79 Å². The second kappa shape index (κ2) is 5.77. The first-order valence-corrected chi connectivity index (χ1v) is 5.59. The largest absolute Gasteiger partial charge is 0.464 e. The molecule has 1 unspecified atom stereocenters. The van der Waals surface area contributed by atoms with Crippen LogP contribution in [0.15, 0.2) is 24.3 Å². The van der Waals surface area contributed by atoms with Gasteiger partial charge >= 0.3 is 12.6 Å². The zero-order chi connectivity index (χ0) is 13.0. The van der Waals surface area contributed by atoms with Gasteiger partial charge in [0.25, 0.3) is 0 Å². The van der Waals surface area contributed by atoms with Crippen LogP contribution in [0.5, 0.6) is 5.75 Å². The van der Waals surface area contributed by atoms with E-state index in [4.69, 9.17) is 4.74 Å². The summed E-state index contributed by atoms with van der Waals surface area (Å²) in [5, 5.41) is 2.96. The summed E-state index contributed by atoms with van der Waals surface area (Å²) in [5.41, 5.74) is 0.581. The van der Waals surface area contributed by atoms with Gasteiger partial charge in [-0.15, -0.1) is 0 Å². The molecule has 1 saturated heterocycles. The Bertz CT molecular complexity index is 426. The lowest BCUT2D eigenvalue weighted by Crippen LogP contribution is -2.32. The Morgan fingerprint density at radius 1 is 1.44 bits per heavy atom. The number of benzene rings is 1. The van der Waals surface area contributed by atoms with Crippen molar-refractivity contribution in [3.8, 4) is 5.75 Å². The van der Waals surface area contributed by atoms with Crippen LogP contribution in [0, 0.1) is 0 Å². The fourth-order valence-electron chi connectivity index (χ4n) is 1.78. The molecule has 6 heteroatoms. The standard InChI is InChI=1S/C12H13F2NO3/c13-12(14)18-10-4-2-1-3-8(10)7-15-9-5-6-17-11(9)16/h1-4,9,12,15H,5-7H2. The molecule has 1 aromatic carbocycles. The Labute approximate surface area is 103 Å². The van der Waals surface area contributed by atoms with E-state index in [9.17, 15) is 13.6 Å². The average molecular weight is 257 g/mol. The Hall–Kier alpha value is -1.69. The van der Waals surface area contributed by atoms with Gasteiger partial charge < -0.3 is 14.8 Å². The Morgan fingerprint density at radius 3 is 2.89 bits per heavy atom. The van der Waals surface area contributed by atoms with Gasteiger partial charge in [-0.25, -0.2) is 0 Å². The number of ether oxygens (including phenoxy) is 2. The molecular weight excluding hydrogens is 244 g/mol. The number of halogens is 2. The normalized spacial score (nSPS) is 19.1. The van der Waals surface area contributed by atoms with Gasteiger partial charge in [0.05, 0.1) is 6.61 Å². The van der Waals surface area contributed by atoms with E-state index in [1.165, 1.54) is 6.07 Å². The molecule has 0 aromatic heterocycles. The quantitative estimate of drug-likeness (QED) is 0.815. The predicted octanol–water partition coefficient (Wildman–Crippen LogP) is 1.69. The number of rotatable bonds is 5. The maximum Gasteiger partial charge on any atom is 0.387 e. The summed E-state index contributed by atoms with van der Waals surface area (Å²) in [6, 6.07) is 6.11. The van der Waals surface area contributed by atoms with Gasteiger partial charge in [0.2, 0.25) is 0 Å². The summed E-state index contributed by atoms with van der Waals surface area (Å²) in [5.74, 6) is -0.186. The third kappa shape index (κ3) is 3.16. The van der Waals surface area contributed by atoms with Crippen LogP contribution in [0.4, 0.5) is 8.78 Å². The number of hydrogen-bond acceptors (Lipinski definition) is 4. The number of alkyl halides is 2. The molecule has 1 atom stereocenters. The first-order chi connectivity index (χ1) is 8.66. The fraction of sp³-hybridized carbons (Fsp3) is 0.417. The van der Waals surface area contributed by atoms with E-state index in [1.807, 2.05) is 0 Å². The summed E-state index contributed by atoms with van der Waals surface area (Å²) >= 11 is 0. The van der Waals surface area contributed by atoms with E-state index in [0.717, 1.165) is 0 Å². The van der Waals surface area contributed by atoms with Crippen LogP contribution < -0.4 is 10.1 Å². The van der Waals surface area contributed by atoms with Crippen molar-refractivity contribution in [2.24, 2.45) is 0 Å². The molecule has 18 heavy (non-hydrogen) atoms. The van der Waals surface area contributed by atoms with Crippen molar-refractivity contribution in [1.82, 2.24) is 5.32 Å². The second-order valence-electron chi connectivity index (χ2n) is 3.88. The molecule has 1 aromatic rings. The van der Waals surface area contributed by atoms with Crippen molar-refractivity contribution < 1.29 is 23.0 Å². The lowest BCUT2D eigenvalue weighted by atomic mass is 10.1. The monoisotopic (exact) mass is 257 g/mol. The molecule has 0 saturated carbocycles. The summed E-state index contributed by atoms with van der Waals surface area (Å²) in [6.07, 6.45) is 0.594. The average Bonchev–Trinajstić information content (AvgIpc) is 2.73. The molecule has 0 radical (unpaired) electrons. The van der Waals surface area contributed by atoms with E-state index in [-0.39, 0.29) is 24.3 Å². The maximum atomic E-state index is 12.2. The number of esters is 1. The van der Waals surface area contributed by atoms with E-state index in [1.54, 1.807) is 18.2 Å². The van der Waals surface area contributed by atoms with E-state index >= 15 is 0 Å². The van der Waals surface area contributed by atoms with Crippen molar-refractivity contribution in [3.63, 3.8) is 0 Å². The Balaban J connectivity index is 1.97. The minimum atomic E-state index is -2.86.